The zero-order valence-electron chi connectivity index (χ0n) is 26.3. The van der Waals surface area contributed by atoms with Crippen LogP contribution in [0.15, 0.2) is 29.4 Å². The normalized spacial score (nSPS) is 9.54. The predicted molar refractivity (Wildman–Crippen MR) is 164 cm³/mol. The van der Waals surface area contributed by atoms with Crippen molar-refractivity contribution in [1.82, 2.24) is 0 Å². The number of rotatable bonds is 15. The third kappa shape index (κ3) is 36.5. The van der Waals surface area contributed by atoms with Gasteiger partial charge in [0.25, 0.3) is 0 Å². The maximum atomic E-state index is 11.9. The molecular weight excluding hydrogens is 526 g/mol. The highest BCUT2D eigenvalue weighted by Gasteiger charge is 2.14. The van der Waals surface area contributed by atoms with Gasteiger partial charge in [-0.3, -0.25) is 9.59 Å². The number of hydrogen-bond acceptors (Lipinski definition) is 9. The van der Waals surface area contributed by atoms with E-state index in [0.717, 1.165) is 12.2 Å². The van der Waals surface area contributed by atoms with Gasteiger partial charge in [-0.1, -0.05) is 65.7 Å². The van der Waals surface area contributed by atoms with Crippen LogP contribution >= 0.6 is 0 Å². The molecular formula is C32H51NO8. The maximum absolute atomic E-state index is 11.9. The molecule has 0 saturated carbocycles. The number of aldehydes is 1. The van der Waals surface area contributed by atoms with Crippen LogP contribution in [0.3, 0.4) is 0 Å². The van der Waals surface area contributed by atoms with Gasteiger partial charge in [-0.15, -0.1) is 23.7 Å². The molecule has 0 aliphatic rings. The number of nitrogens with zero attached hydrogens (tertiary/aromatic N) is 1. The Morgan fingerprint density at radius 2 is 1.54 bits per heavy atom. The molecule has 0 heterocycles. The summed E-state index contributed by atoms with van der Waals surface area (Å²) < 4.78 is 20.7. The van der Waals surface area contributed by atoms with Crippen molar-refractivity contribution < 1.29 is 33.3 Å². The average Bonchev–Trinajstić information content (AvgIpc) is 2.97. The molecule has 1 aromatic carbocycles. The van der Waals surface area contributed by atoms with Gasteiger partial charge >= 0.3 is 11.9 Å². The molecule has 0 saturated heterocycles. The summed E-state index contributed by atoms with van der Waals surface area (Å²) in [5.74, 6) is 4.46. The van der Waals surface area contributed by atoms with Crippen LogP contribution in [0.5, 0.6) is 0 Å². The molecule has 1 aromatic rings. The van der Waals surface area contributed by atoms with Crippen molar-refractivity contribution in [2.75, 3.05) is 26.9 Å². The van der Waals surface area contributed by atoms with E-state index in [4.69, 9.17) is 25.4 Å². The number of terminal acetylenes is 2. The number of hydrogen-bond donors (Lipinski definition) is 0. The minimum Gasteiger partial charge on any atom is -0.461 e. The zero-order valence-corrected chi connectivity index (χ0v) is 26.3. The number of nitroso groups, excluding NO2 is 1. The molecule has 1 unspecified atom stereocenters. The Balaban J connectivity index is -0.000000443. The monoisotopic (exact) mass is 577 g/mol. The molecule has 0 aliphatic heterocycles. The van der Waals surface area contributed by atoms with Gasteiger partial charge in [0.15, 0.2) is 6.61 Å². The van der Waals surface area contributed by atoms with Crippen LogP contribution in [0.25, 0.3) is 0 Å². The SMILES string of the molecule is C#CC.C#CCOC(=O)CCC(CCOC)OCCC(=O)OCc1ccccc1N=O.CC.CC(C)C.CCC=O. The van der Waals surface area contributed by atoms with Crippen LogP contribution in [0, 0.1) is 35.5 Å². The van der Waals surface area contributed by atoms with E-state index in [1.54, 1.807) is 38.3 Å². The van der Waals surface area contributed by atoms with Crippen LogP contribution in [0.4, 0.5) is 5.69 Å². The van der Waals surface area contributed by atoms with E-state index < -0.39 is 11.9 Å². The second kappa shape index (κ2) is 36.5. The molecule has 0 aromatic heterocycles. The summed E-state index contributed by atoms with van der Waals surface area (Å²) in [5.41, 5.74) is 0.776. The van der Waals surface area contributed by atoms with Crippen LogP contribution in [-0.2, 0) is 39.9 Å². The highest BCUT2D eigenvalue weighted by atomic mass is 16.5. The number of benzene rings is 1. The first-order valence-corrected chi connectivity index (χ1v) is 13.7. The highest BCUT2D eigenvalue weighted by Crippen LogP contribution is 2.19. The topological polar surface area (TPSA) is 118 Å². The van der Waals surface area contributed by atoms with Crippen molar-refractivity contribution in [3.8, 4) is 24.7 Å². The number of esters is 2. The summed E-state index contributed by atoms with van der Waals surface area (Å²) in [6, 6.07) is 6.63. The van der Waals surface area contributed by atoms with Crippen molar-refractivity contribution in [1.29, 1.82) is 0 Å². The number of ether oxygens (including phenoxy) is 4. The fraction of sp³-hybridized carbons (Fsp3) is 0.594. The lowest BCUT2D eigenvalue weighted by Gasteiger charge is -2.17. The molecule has 0 spiro atoms. The van der Waals surface area contributed by atoms with E-state index in [1.165, 1.54) is 0 Å². The molecule has 0 N–H and O–H groups in total. The Kier molecular flexibility index (Phi) is 39.6. The van der Waals surface area contributed by atoms with E-state index in [-0.39, 0.29) is 44.5 Å². The largest absolute Gasteiger partial charge is 0.461 e. The summed E-state index contributed by atoms with van der Waals surface area (Å²) in [7, 11) is 1.57. The second-order valence-electron chi connectivity index (χ2n) is 8.40. The zero-order chi connectivity index (χ0) is 32.3. The lowest BCUT2D eigenvalue weighted by molar-refractivity contribution is -0.147. The molecule has 0 amide bonds. The Bertz CT molecular complexity index is 853. The van der Waals surface area contributed by atoms with E-state index in [2.05, 4.69) is 44.2 Å². The van der Waals surface area contributed by atoms with Crippen LogP contribution in [0.2, 0.25) is 0 Å². The quantitative estimate of drug-likeness (QED) is 0.0964. The number of methoxy groups -OCH3 is 1. The van der Waals surface area contributed by atoms with Crippen molar-refractivity contribution >= 4 is 23.9 Å². The summed E-state index contributed by atoms with van der Waals surface area (Å²) >= 11 is 0. The van der Waals surface area contributed by atoms with Crippen LogP contribution in [-0.4, -0.2) is 51.3 Å². The standard InChI is InChI=1S/C20H25NO7.C4H10.C3H6O.C3H4.C2H6/c1-3-12-27-19(22)9-8-17(10-13-25-2)26-14-11-20(23)28-15-16-6-4-5-7-18(16)21-24;1-4(2)3;1-2-3-4;1-3-2;1-2/h1,4-7,17H,8-15H2,2H3;4H,1-3H3;3H,2H2,1H3;1H,2H3;1-2H3. The van der Waals surface area contributed by atoms with Gasteiger partial charge < -0.3 is 23.7 Å². The van der Waals surface area contributed by atoms with E-state index in [9.17, 15) is 19.3 Å². The molecule has 0 aliphatic carbocycles. The van der Waals surface area contributed by atoms with Crippen LogP contribution in [0.1, 0.15) is 86.1 Å². The van der Waals surface area contributed by atoms with E-state index in [0.29, 0.717) is 31.4 Å². The van der Waals surface area contributed by atoms with Gasteiger partial charge in [-0.05, 0) is 36.9 Å². The molecule has 9 heteroatoms. The van der Waals surface area contributed by atoms with Gasteiger partial charge in [0.1, 0.15) is 18.6 Å². The molecule has 232 valence electrons. The minimum absolute atomic E-state index is 0.0329. The molecule has 0 radical (unpaired) electrons. The van der Waals surface area contributed by atoms with Crippen LogP contribution < -0.4 is 0 Å². The molecule has 9 nitrogen and oxygen atoms in total. The lowest BCUT2D eigenvalue weighted by Crippen LogP contribution is -2.20. The highest BCUT2D eigenvalue weighted by molar-refractivity contribution is 5.70. The van der Waals surface area contributed by atoms with E-state index >= 15 is 0 Å². The summed E-state index contributed by atoms with van der Waals surface area (Å²) in [5, 5.41) is 2.89. The Hall–Kier alpha value is -3.53. The van der Waals surface area contributed by atoms with Crippen molar-refractivity contribution in [3.05, 3.63) is 34.7 Å². The fourth-order valence-corrected chi connectivity index (χ4v) is 2.29. The molecule has 0 bridgehead atoms. The number of carbonyl (C=O) groups is 3. The Morgan fingerprint density at radius 1 is 1.00 bits per heavy atom. The van der Waals surface area contributed by atoms with Crippen molar-refractivity contribution in [2.24, 2.45) is 11.1 Å². The maximum Gasteiger partial charge on any atom is 0.308 e. The smallest absolute Gasteiger partial charge is 0.308 e. The first kappa shape index (κ1) is 44.5. The lowest BCUT2D eigenvalue weighted by atomic mass is 10.1. The number of carbonyl (C=O) groups excluding carboxylic acids is 3. The Morgan fingerprint density at radius 3 is 2.02 bits per heavy atom. The van der Waals surface area contributed by atoms with E-state index in [1.807, 2.05) is 20.8 Å². The predicted octanol–water partition coefficient (Wildman–Crippen LogP) is 6.82. The fourth-order valence-electron chi connectivity index (χ4n) is 2.29. The van der Waals surface area contributed by atoms with Gasteiger partial charge in [0.05, 0.1) is 19.1 Å². The summed E-state index contributed by atoms with van der Waals surface area (Å²) in [4.78, 5) is 43.3. The summed E-state index contributed by atoms with van der Waals surface area (Å²) in [6.45, 7) is 14.5. The first-order chi connectivity index (χ1) is 19.7. The summed E-state index contributed by atoms with van der Waals surface area (Å²) in [6.07, 6.45) is 12.1. The Labute approximate surface area is 248 Å². The van der Waals surface area contributed by atoms with Gasteiger partial charge in [0.2, 0.25) is 0 Å². The molecule has 1 atom stereocenters. The van der Waals surface area contributed by atoms with Gasteiger partial charge in [0, 0.05) is 32.1 Å². The second-order valence-corrected chi connectivity index (χ2v) is 8.40. The molecule has 1 rings (SSSR count). The third-order valence-electron chi connectivity index (χ3n) is 3.94. The minimum atomic E-state index is -0.459. The van der Waals surface area contributed by atoms with Gasteiger partial charge in [-0.25, -0.2) is 0 Å². The van der Waals surface area contributed by atoms with Crippen molar-refractivity contribution in [3.63, 3.8) is 0 Å². The van der Waals surface area contributed by atoms with Crippen molar-refractivity contribution in [2.45, 2.75) is 93.3 Å². The average molecular weight is 578 g/mol. The molecule has 41 heavy (non-hydrogen) atoms. The van der Waals surface area contributed by atoms with Gasteiger partial charge in [-0.2, -0.15) is 0 Å². The third-order valence-corrected chi connectivity index (χ3v) is 3.94. The molecule has 0 fully saturated rings. The first-order valence-electron chi connectivity index (χ1n) is 13.7.